The molecule has 0 saturated heterocycles. The quantitative estimate of drug-likeness (QED) is 0.531. The Balaban J connectivity index is 1.98. The van der Waals surface area contributed by atoms with Crippen molar-refractivity contribution in [3.05, 3.63) is 64.6 Å². The standard InChI is InChI=1S/C15H13ClN2O4/c1-10(14(19)17-12-7-5-11(16)6-8-12)22-15(20)13-4-2-3-9-18(13)21/h2-10H,1H3,(H,17,19)/t10-/m0/s1. The summed E-state index contributed by atoms with van der Waals surface area (Å²) in [4.78, 5) is 23.8. The number of aromatic nitrogens is 1. The molecule has 114 valence electrons. The van der Waals surface area contributed by atoms with Crippen LogP contribution in [0, 0.1) is 5.21 Å². The van der Waals surface area contributed by atoms with E-state index < -0.39 is 18.0 Å². The largest absolute Gasteiger partial charge is 0.618 e. The maximum Gasteiger partial charge on any atom is 0.405 e. The smallest absolute Gasteiger partial charge is 0.405 e. The number of pyridine rings is 1. The molecular weight excluding hydrogens is 308 g/mol. The first-order valence-electron chi connectivity index (χ1n) is 6.43. The fourth-order valence-electron chi connectivity index (χ4n) is 1.64. The highest BCUT2D eigenvalue weighted by atomic mass is 35.5. The van der Waals surface area contributed by atoms with E-state index >= 15 is 0 Å². The van der Waals surface area contributed by atoms with Crippen LogP contribution >= 0.6 is 11.6 Å². The number of hydrogen-bond acceptors (Lipinski definition) is 4. The van der Waals surface area contributed by atoms with E-state index in [1.807, 2.05) is 0 Å². The number of benzene rings is 1. The molecule has 1 heterocycles. The van der Waals surface area contributed by atoms with Crippen LogP contribution in [-0.4, -0.2) is 18.0 Å². The van der Waals surface area contributed by atoms with Gasteiger partial charge in [0, 0.05) is 22.8 Å². The molecule has 1 aromatic heterocycles. The van der Waals surface area contributed by atoms with Crippen molar-refractivity contribution < 1.29 is 19.1 Å². The van der Waals surface area contributed by atoms with Crippen molar-refractivity contribution in [3.8, 4) is 0 Å². The Kier molecular flexibility index (Phi) is 4.95. The fraction of sp³-hybridized carbons (Fsp3) is 0.133. The molecule has 2 rings (SSSR count). The molecule has 0 saturated carbocycles. The van der Waals surface area contributed by atoms with Gasteiger partial charge in [0.15, 0.2) is 12.3 Å². The predicted octanol–water partition coefficient (Wildman–Crippen LogP) is 2.16. The van der Waals surface area contributed by atoms with Gasteiger partial charge in [0.1, 0.15) is 0 Å². The maximum atomic E-state index is 11.9. The summed E-state index contributed by atoms with van der Waals surface area (Å²) < 4.78 is 5.36. The van der Waals surface area contributed by atoms with E-state index in [1.54, 1.807) is 24.3 Å². The molecule has 22 heavy (non-hydrogen) atoms. The van der Waals surface area contributed by atoms with E-state index in [4.69, 9.17) is 16.3 Å². The van der Waals surface area contributed by atoms with Crippen molar-refractivity contribution in [3.63, 3.8) is 0 Å². The number of halogens is 1. The van der Waals surface area contributed by atoms with Gasteiger partial charge < -0.3 is 15.3 Å². The third-order valence-electron chi connectivity index (χ3n) is 2.80. The van der Waals surface area contributed by atoms with Crippen LogP contribution in [0.15, 0.2) is 48.7 Å². The fourth-order valence-corrected chi connectivity index (χ4v) is 1.76. The summed E-state index contributed by atoms with van der Waals surface area (Å²) in [6, 6.07) is 10.8. The number of hydrogen-bond donors (Lipinski definition) is 1. The molecule has 0 fully saturated rings. The molecule has 7 heteroatoms. The van der Waals surface area contributed by atoms with Crippen molar-refractivity contribution in [2.45, 2.75) is 13.0 Å². The molecule has 0 aliphatic rings. The predicted molar refractivity (Wildman–Crippen MR) is 80.4 cm³/mol. The SMILES string of the molecule is C[C@H](OC(=O)c1cccc[n+]1[O-])C(=O)Nc1ccc(Cl)cc1. The van der Waals surface area contributed by atoms with Gasteiger partial charge in [-0.1, -0.05) is 11.6 Å². The molecular formula is C15H13ClN2O4. The third-order valence-corrected chi connectivity index (χ3v) is 3.05. The summed E-state index contributed by atoms with van der Waals surface area (Å²) >= 11 is 5.75. The molecule has 2 aromatic rings. The number of anilines is 1. The van der Waals surface area contributed by atoms with Gasteiger partial charge in [-0.3, -0.25) is 4.79 Å². The van der Waals surface area contributed by atoms with Crippen LogP contribution in [0.1, 0.15) is 17.4 Å². The summed E-state index contributed by atoms with van der Waals surface area (Å²) in [7, 11) is 0. The van der Waals surface area contributed by atoms with Gasteiger partial charge >= 0.3 is 11.7 Å². The van der Waals surface area contributed by atoms with Gasteiger partial charge in [0.2, 0.25) is 0 Å². The highest BCUT2D eigenvalue weighted by molar-refractivity contribution is 6.30. The number of rotatable bonds is 4. The highest BCUT2D eigenvalue weighted by Gasteiger charge is 2.23. The van der Waals surface area contributed by atoms with Crippen molar-refractivity contribution in [1.82, 2.24) is 0 Å². The van der Waals surface area contributed by atoms with Crippen molar-refractivity contribution in [2.75, 3.05) is 5.32 Å². The Labute approximate surface area is 131 Å². The van der Waals surface area contributed by atoms with Crippen molar-refractivity contribution in [2.24, 2.45) is 0 Å². The number of nitrogens with one attached hydrogen (secondary N) is 1. The minimum Gasteiger partial charge on any atom is -0.618 e. The topological polar surface area (TPSA) is 82.3 Å². The van der Waals surface area contributed by atoms with E-state index in [0.29, 0.717) is 15.4 Å². The molecule has 0 spiro atoms. The minimum absolute atomic E-state index is 0.186. The lowest BCUT2D eigenvalue weighted by atomic mass is 10.3. The Morgan fingerprint density at radius 2 is 1.91 bits per heavy atom. The number of esters is 1. The van der Waals surface area contributed by atoms with Gasteiger partial charge in [0.25, 0.3) is 5.91 Å². The lowest BCUT2D eigenvalue weighted by Gasteiger charge is -2.13. The number of nitrogens with zero attached hydrogens (tertiary/aromatic N) is 1. The Hall–Kier alpha value is -2.60. The second-order valence-corrected chi connectivity index (χ2v) is 4.89. The van der Waals surface area contributed by atoms with Gasteiger partial charge in [-0.2, -0.15) is 4.73 Å². The van der Waals surface area contributed by atoms with E-state index in [-0.39, 0.29) is 5.69 Å². The zero-order valence-corrected chi connectivity index (χ0v) is 12.4. The second kappa shape index (κ2) is 6.91. The van der Waals surface area contributed by atoms with Gasteiger partial charge in [-0.25, -0.2) is 4.79 Å². The molecule has 1 atom stereocenters. The molecule has 0 aliphatic carbocycles. The lowest BCUT2D eigenvalue weighted by molar-refractivity contribution is -0.608. The molecule has 1 aromatic carbocycles. The number of amides is 1. The van der Waals surface area contributed by atoms with Gasteiger partial charge in [0.05, 0.1) is 0 Å². The summed E-state index contributed by atoms with van der Waals surface area (Å²) in [6.45, 7) is 1.42. The summed E-state index contributed by atoms with van der Waals surface area (Å²) in [5.41, 5.74) is 0.338. The average Bonchev–Trinajstić information content (AvgIpc) is 2.49. The Morgan fingerprint density at radius 1 is 1.23 bits per heavy atom. The molecule has 0 unspecified atom stereocenters. The normalized spacial score (nSPS) is 11.5. The first-order chi connectivity index (χ1) is 10.5. The van der Waals surface area contributed by atoms with Gasteiger partial charge in [-0.05, 0) is 37.3 Å². The molecule has 0 radical (unpaired) electrons. The lowest BCUT2D eigenvalue weighted by Crippen LogP contribution is -2.37. The zero-order chi connectivity index (χ0) is 16.1. The van der Waals surface area contributed by atoms with Crippen LogP contribution in [0.5, 0.6) is 0 Å². The van der Waals surface area contributed by atoms with Crippen LogP contribution in [0.3, 0.4) is 0 Å². The zero-order valence-electron chi connectivity index (χ0n) is 11.7. The third kappa shape index (κ3) is 3.95. The van der Waals surface area contributed by atoms with Crippen molar-refractivity contribution >= 4 is 29.2 Å². The molecule has 1 amide bonds. The van der Waals surface area contributed by atoms with Crippen molar-refractivity contribution in [1.29, 1.82) is 0 Å². The number of carbonyl (C=O) groups excluding carboxylic acids is 2. The highest BCUT2D eigenvalue weighted by Crippen LogP contribution is 2.14. The van der Waals surface area contributed by atoms with Crippen LogP contribution in [-0.2, 0) is 9.53 Å². The summed E-state index contributed by atoms with van der Waals surface area (Å²) in [5, 5.41) is 14.6. The number of ether oxygens (including phenoxy) is 1. The van der Waals surface area contributed by atoms with Crippen LogP contribution in [0.2, 0.25) is 5.02 Å². The first kappa shape index (κ1) is 15.8. The Morgan fingerprint density at radius 3 is 2.55 bits per heavy atom. The summed E-state index contributed by atoms with van der Waals surface area (Å²) in [6.07, 6.45) is 0.123. The van der Waals surface area contributed by atoms with E-state index in [1.165, 1.54) is 31.3 Å². The second-order valence-electron chi connectivity index (χ2n) is 4.46. The van der Waals surface area contributed by atoms with Crippen LogP contribution in [0.4, 0.5) is 5.69 Å². The van der Waals surface area contributed by atoms with Gasteiger partial charge in [-0.15, -0.1) is 0 Å². The van der Waals surface area contributed by atoms with Crippen LogP contribution in [0.25, 0.3) is 0 Å². The molecule has 6 nitrogen and oxygen atoms in total. The monoisotopic (exact) mass is 320 g/mol. The van der Waals surface area contributed by atoms with E-state index in [0.717, 1.165) is 0 Å². The average molecular weight is 321 g/mol. The molecule has 1 N–H and O–H groups in total. The summed E-state index contributed by atoms with van der Waals surface area (Å²) in [5.74, 6) is -1.38. The first-order valence-corrected chi connectivity index (χ1v) is 6.81. The van der Waals surface area contributed by atoms with Crippen LogP contribution < -0.4 is 10.0 Å². The van der Waals surface area contributed by atoms with E-state index in [9.17, 15) is 14.8 Å². The number of carbonyl (C=O) groups is 2. The molecule has 0 bridgehead atoms. The molecule has 0 aliphatic heterocycles. The van der Waals surface area contributed by atoms with E-state index in [2.05, 4.69) is 5.32 Å². The minimum atomic E-state index is -1.05. The maximum absolute atomic E-state index is 11.9. The Bertz CT molecular complexity index is 688.